The number of nitrogens with one attached hydrogen (secondary N) is 2. The van der Waals surface area contributed by atoms with Gasteiger partial charge in [0.15, 0.2) is 0 Å². The third-order valence-electron chi connectivity index (χ3n) is 3.36. The van der Waals surface area contributed by atoms with E-state index in [1.54, 1.807) is 18.2 Å². The van der Waals surface area contributed by atoms with Crippen LogP contribution in [0.2, 0.25) is 5.02 Å². The van der Waals surface area contributed by atoms with Crippen molar-refractivity contribution in [3.8, 4) is 0 Å². The molecule has 1 saturated carbocycles. The van der Waals surface area contributed by atoms with Crippen molar-refractivity contribution in [3.05, 3.63) is 27.7 Å². The molecule has 0 bridgehead atoms. The van der Waals surface area contributed by atoms with E-state index in [-0.39, 0.29) is 6.42 Å². The number of halogens is 2. The molecular weight excluding hydrogens is 348 g/mol. The number of carbonyl (C=O) groups is 2. The second kappa shape index (κ2) is 6.01. The second-order valence-electron chi connectivity index (χ2n) is 4.91. The molecular formula is C13H14BrClN2O3. The number of urea groups is 1. The first kappa shape index (κ1) is 15.1. The van der Waals surface area contributed by atoms with Crippen molar-refractivity contribution in [1.29, 1.82) is 0 Å². The van der Waals surface area contributed by atoms with Gasteiger partial charge in [-0.25, -0.2) is 4.79 Å². The highest BCUT2D eigenvalue weighted by atomic mass is 79.9. The molecule has 5 nitrogen and oxygen atoms in total. The van der Waals surface area contributed by atoms with Crippen LogP contribution in [0.5, 0.6) is 0 Å². The maximum atomic E-state index is 12.0. The molecule has 2 amide bonds. The highest BCUT2D eigenvalue weighted by Crippen LogP contribution is 2.35. The summed E-state index contributed by atoms with van der Waals surface area (Å²) in [4.78, 5) is 22.8. The van der Waals surface area contributed by atoms with Gasteiger partial charge in [0.25, 0.3) is 0 Å². The molecule has 0 aliphatic heterocycles. The van der Waals surface area contributed by atoms with E-state index in [2.05, 4.69) is 26.6 Å². The molecule has 0 spiro atoms. The van der Waals surface area contributed by atoms with Crippen LogP contribution in [0.25, 0.3) is 0 Å². The van der Waals surface area contributed by atoms with Crippen LogP contribution in [0.3, 0.4) is 0 Å². The van der Waals surface area contributed by atoms with E-state index >= 15 is 0 Å². The Bertz CT molecular complexity index is 546. The van der Waals surface area contributed by atoms with Gasteiger partial charge in [-0.15, -0.1) is 0 Å². The van der Waals surface area contributed by atoms with E-state index in [4.69, 9.17) is 16.7 Å². The Morgan fingerprint density at radius 3 is 2.60 bits per heavy atom. The lowest BCUT2D eigenvalue weighted by Crippen LogP contribution is -2.55. The third-order valence-corrected chi connectivity index (χ3v) is 4.25. The van der Waals surface area contributed by atoms with Gasteiger partial charge < -0.3 is 15.7 Å². The smallest absolute Gasteiger partial charge is 0.319 e. The number of hydrogen-bond acceptors (Lipinski definition) is 2. The van der Waals surface area contributed by atoms with Crippen molar-refractivity contribution in [2.45, 2.75) is 31.2 Å². The molecule has 0 heterocycles. The minimum absolute atomic E-state index is 0.0534. The quantitative estimate of drug-likeness (QED) is 0.766. The molecule has 7 heteroatoms. The summed E-state index contributed by atoms with van der Waals surface area (Å²) in [6.07, 6.45) is 2.25. The van der Waals surface area contributed by atoms with Crippen molar-refractivity contribution in [2.24, 2.45) is 0 Å². The molecule has 20 heavy (non-hydrogen) atoms. The van der Waals surface area contributed by atoms with Gasteiger partial charge in [-0.2, -0.15) is 0 Å². The molecule has 1 aliphatic rings. The topological polar surface area (TPSA) is 78.4 Å². The zero-order chi connectivity index (χ0) is 14.8. The number of anilines is 1. The highest BCUT2D eigenvalue weighted by molar-refractivity contribution is 9.10. The Morgan fingerprint density at radius 2 is 2.10 bits per heavy atom. The number of carboxylic acid groups (broad SMARTS) is 1. The number of hydrogen-bond donors (Lipinski definition) is 3. The fraction of sp³-hybridized carbons (Fsp3) is 0.385. The molecule has 1 aromatic carbocycles. The van der Waals surface area contributed by atoms with Crippen molar-refractivity contribution in [3.63, 3.8) is 0 Å². The summed E-state index contributed by atoms with van der Waals surface area (Å²) in [5.74, 6) is -0.905. The number of benzene rings is 1. The van der Waals surface area contributed by atoms with Gasteiger partial charge in [0, 0.05) is 9.50 Å². The lowest BCUT2D eigenvalue weighted by molar-refractivity contribution is -0.139. The van der Waals surface area contributed by atoms with E-state index in [1.807, 2.05) is 0 Å². The van der Waals surface area contributed by atoms with Gasteiger partial charge in [0.05, 0.1) is 17.6 Å². The molecule has 2 rings (SSSR count). The van der Waals surface area contributed by atoms with Crippen LogP contribution in [0, 0.1) is 0 Å². The van der Waals surface area contributed by atoms with Crippen LogP contribution >= 0.6 is 27.5 Å². The van der Waals surface area contributed by atoms with E-state index in [0.29, 0.717) is 28.0 Å². The summed E-state index contributed by atoms with van der Waals surface area (Å²) in [7, 11) is 0. The minimum atomic E-state index is -0.905. The molecule has 1 aromatic rings. The molecule has 0 saturated heterocycles. The predicted molar refractivity (Wildman–Crippen MR) is 80.1 cm³/mol. The monoisotopic (exact) mass is 360 g/mol. The van der Waals surface area contributed by atoms with E-state index < -0.39 is 17.5 Å². The van der Waals surface area contributed by atoms with Gasteiger partial charge in [-0.05, 0) is 53.4 Å². The van der Waals surface area contributed by atoms with Crippen LogP contribution in [0.4, 0.5) is 10.5 Å². The van der Waals surface area contributed by atoms with Crippen molar-refractivity contribution < 1.29 is 14.7 Å². The number of aliphatic carboxylic acids is 1. The Labute approximate surface area is 129 Å². The van der Waals surface area contributed by atoms with Gasteiger partial charge in [-0.1, -0.05) is 11.6 Å². The minimum Gasteiger partial charge on any atom is -0.481 e. The summed E-state index contributed by atoms with van der Waals surface area (Å²) >= 11 is 9.13. The molecule has 0 atom stereocenters. The zero-order valence-corrected chi connectivity index (χ0v) is 12.9. The average Bonchev–Trinajstić information content (AvgIpc) is 2.29. The Kier molecular flexibility index (Phi) is 4.55. The molecule has 1 aliphatic carbocycles. The van der Waals surface area contributed by atoms with Crippen molar-refractivity contribution in [1.82, 2.24) is 5.32 Å². The molecule has 1 fully saturated rings. The van der Waals surface area contributed by atoms with Crippen molar-refractivity contribution >= 4 is 45.2 Å². The molecule has 0 aromatic heterocycles. The first-order chi connectivity index (χ1) is 9.40. The lowest BCUT2D eigenvalue weighted by atomic mass is 9.74. The third kappa shape index (κ3) is 3.64. The summed E-state index contributed by atoms with van der Waals surface area (Å²) in [5.41, 5.74) is -0.0360. The van der Waals surface area contributed by atoms with E-state index in [0.717, 1.165) is 6.42 Å². The highest BCUT2D eigenvalue weighted by Gasteiger charge is 2.40. The Hall–Kier alpha value is -1.27. The summed E-state index contributed by atoms with van der Waals surface area (Å²) in [6, 6.07) is 4.61. The largest absolute Gasteiger partial charge is 0.481 e. The standard InChI is InChI=1S/C13H14BrClN2O3/c14-9-6-8(15)2-3-10(9)16-12(20)17-13(4-1-5-13)7-11(18)19/h2-3,6H,1,4-5,7H2,(H,18,19)(H2,16,17,20). The fourth-order valence-corrected chi connectivity index (χ4v) is 3.01. The summed E-state index contributed by atoms with van der Waals surface area (Å²) < 4.78 is 0.668. The van der Waals surface area contributed by atoms with Crippen LogP contribution in [0.15, 0.2) is 22.7 Å². The SMILES string of the molecule is O=C(O)CC1(NC(=O)Nc2ccc(Cl)cc2Br)CCC1. The van der Waals surface area contributed by atoms with Crippen LogP contribution in [-0.4, -0.2) is 22.6 Å². The number of rotatable bonds is 4. The Balaban J connectivity index is 1.99. The normalized spacial score (nSPS) is 16.1. The Morgan fingerprint density at radius 1 is 1.40 bits per heavy atom. The van der Waals surface area contributed by atoms with E-state index in [9.17, 15) is 9.59 Å². The maximum absolute atomic E-state index is 12.0. The molecule has 0 radical (unpaired) electrons. The summed E-state index contributed by atoms with van der Waals surface area (Å²) in [6.45, 7) is 0. The van der Waals surface area contributed by atoms with E-state index in [1.165, 1.54) is 0 Å². The van der Waals surface area contributed by atoms with Crippen molar-refractivity contribution in [2.75, 3.05) is 5.32 Å². The number of amides is 2. The maximum Gasteiger partial charge on any atom is 0.319 e. The van der Waals surface area contributed by atoms with Gasteiger partial charge in [-0.3, -0.25) is 4.79 Å². The zero-order valence-electron chi connectivity index (χ0n) is 10.6. The molecule has 108 valence electrons. The fourth-order valence-electron chi connectivity index (χ4n) is 2.22. The van der Waals surface area contributed by atoms with Gasteiger partial charge in [0.2, 0.25) is 0 Å². The van der Waals surface area contributed by atoms with Gasteiger partial charge >= 0.3 is 12.0 Å². The van der Waals surface area contributed by atoms with Crippen LogP contribution in [-0.2, 0) is 4.79 Å². The summed E-state index contributed by atoms with van der Waals surface area (Å²) in [5, 5.41) is 14.9. The predicted octanol–water partition coefficient (Wildman–Crippen LogP) is 3.62. The first-order valence-corrected chi connectivity index (χ1v) is 7.33. The second-order valence-corrected chi connectivity index (χ2v) is 6.20. The number of carbonyl (C=O) groups excluding carboxylic acids is 1. The lowest BCUT2D eigenvalue weighted by Gasteiger charge is -2.41. The van der Waals surface area contributed by atoms with Crippen LogP contribution in [0.1, 0.15) is 25.7 Å². The molecule has 3 N–H and O–H groups in total. The van der Waals surface area contributed by atoms with Crippen LogP contribution < -0.4 is 10.6 Å². The molecule has 0 unspecified atom stereocenters. The van der Waals surface area contributed by atoms with Gasteiger partial charge in [0.1, 0.15) is 0 Å². The first-order valence-electron chi connectivity index (χ1n) is 6.16. The average molecular weight is 362 g/mol. The number of carboxylic acids is 1.